The van der Waals surface area contributed by atoms with Crippen molar-refractivity contribution >= 4 is 58.0 Å². The van der Waals surface area contributed by atoms with Crippen molar-refractivity contribution < 1.29 is 22.8 Å². The van der Waals surface area contributed by atoms with Crippen LogP contribution < -0.4 is 10.4 Å². The molecule has 269 valence electrons. The molecule has 3 aromatic heterocycles. The van der Waals surface area contributed by atoms with Gasteiger partial charge in [0, 0.05) is 39.9 Å². The topological polar surface area (TPSA) is 25.8 Å². The number of fused-ring (bicyclic) bond motifs is 3. The van der Waals surface area contributed by atoms with E-state index in [1.165, 1.54) is 37.0 Å². The molecule has 0 aliphatic carbocycles. The summed E-state index contributed by atoms with van der Waals surface area (Å²) >= 11 is 1.78. The van der Waals surface area contributed by atoms with Gasteiger partial charge in [0.25, 0.3) is 0 Å². The first-order chi connectivity index (χ1) is 24.9. The monoisotopic (exact) mass is 913 g/mol. The number of nitrogens with zero attached hydrogens (tertiary/aromatic N) is 2. The van der Waals surface area contributed by atoms with E-state index in [0.717, 1.165) is 27.2 Å². The average Bonchev–Trinajstić information content (AvgIpc) is 3.50. The van der Waals surface area contributed by atoms with Crippen molar-refractivity contribution in [2.45, 2.75) is 78.8 Å². The van der Waals surface area contributed by atoms with Crippen LogP contribution in [0.4, 0.5) is 0 Å². The smallest absolute Gasteiger partial charge is 0.0798 e. The summed E-state index contributed by atoms with van der Waals surface area (Å²) in [5.41, 5.74) is 7.62. The molecule has 6 heteroatoms. The Balaban J connectivity index is 0.000000262. The predicted molar refractivity (Wildman–Crippen MR) is 229 cm³/mol. The van der Waals surface area contributed by atoms with E-state index in [0.29, 0.717) is 11.1 Å². The maximum atomic E-state index is 8.98. The molecular weight excluding hydrogens is 861 g/mol. The molecule has 4 aromatic carbocycles. The molecule has 0 aliphatic heterocycles. The summed E-state index contributed by atoms with van der Waals surface area (Å²) in [7, 11) is -2.81. The van der Waals surface area contributed by atoms with Gasteiger partial charge in [-0.2, -0.15) is 11.3 Å². The summed E-state index contributed by atoms with van der Waals surface area (Å²) < 4.78 is 20.4. The van der Waals surface area contributed by atoms with E-state index in [-0.39, 0.29) is 25.5 Å². The SMILES string of the molecule is Cc1cc(-c2[c-]cccc2)ncc1[Si](C)(C)C.[2H]C([2H])(c1ccc(C(C)(C)C)cc1)c1ccnc(-c2[c-]ccc3c2sc2cccc([Si](C)(C)C)c23)c1.[Ir]. The number of benzene rings is 4. The molecule has 0 fully saturated rings. The van der Waals surface area contributed by atoms with Crippen LogP contribution in [0, 0.1) is 19.1 Å². The molecule has 2 nitrogen and oxygen atoms in total. The number of thiophene rings is 1. The Morgan fingerprint density at radius 3 is 2.10 bits per heavy atom. The Kier molecular flexibility index (Phi) is 11.2. The second kappa shape index (κ2) is 15.8. The molecule has 0 unspecified atom stereocenters. The van der Waals surface area contributed by atoms with Crippen molar-refractivity contribution in [1.29, 1.82) is 0 Å². The standard InChI is InChI=1S/C31H32NSSi.C15H18NSi.Ir/c1-31(2,3)23-15-13-21(14-16-23)19-22-17-18-32-26(20-22)24-9-7-10-25-29-27(33-30(24)25)11-8-12-28(29)34(4,5)6;1-12-10-14(13-8-6-5-7-9-13)16-11-15(12)17(2,3)4;/h7-8,10-18,20H,19H2,1-6H3;5-8,10-11H,1-4H3;/q2*-1;/i19D2;;. The van der Waals surface area contributed by atoms with Crippen LogP contribution in [0.25, 0.3) is 42.7 Å². The van der Waals surface area contributed by atoms with Gasteiger partial charge in [0.15, 0.2) is 0 Å². The van der Waals surface area contributed by atoms with Gasteiger partial charge in [-0.05, 0) is 74.2 Å². The van der Waals surface area contributed by atoms with Crippen LogP contribution in [-0.2, 0) is 31.9 Å². The first-order valence-corrected chi connectivity index (χ1v) is 25.6. The zero-order chi connectivity index (χ0) is 38.3. The molecule has 3 heterocycles. The summed E-state index contributed by atoms with van der Waals surface area (Å²) in [4.78, 5) is 9.25. The molecule has 1 radical (unpaired) electrons. The summed E-state index contributed by atoms with van der Waals surface area (Å²) in [6, 6.07) is 39.2. The van der Waals surface area contributed by atoms with E-state index in [1.54, 1.807) is 23.6 Å². The first-order valence-electron chi connectivity index (χ1n) is 18.7. The molecule has 0 saturated carbocycles. The minimum atomic E-state index is -1.63. The molecule has 52 heavy (non-hydrogen) atoms. The van der Waals surface area contributed by atoms with Crippen molar-refractivity contribution in [2.75, 3.05) is 0 Å². The maximum Gasteiger partial charge on any atom is 0.0798 e. The fourth-order valence-electron chi connectivity index (χ4n) is 6.51. The van der Waals surface area contributed by atoms with Gasteiger partial charge in [-0.15, -0.1) is 59.7 Å². The van der Waals surface area contributed by atoms with E-state index in [9.17, 15) is 0 Å². The van der Waals surface area contributed by atoms with Crippen molar-refractivity contribution in [1.82, 2.24) is 9.97 Å². The van der Waals surface area contributed by atoms with Crippen LogP contribution in [-0.4, -0.2) is 26.1 Å². The third-order valence-corrected chi connectivity index (χ3v) is 14.6. The van der Waals surface area contributed by atoms with E-state index in [4.69, 9.17) is 2.74 Å². The van der Waals surface area contributed by atoms with Crippen LogP contribution in [0.2, 0.25) is 39.3 Å². The third-order valence-electron chi connectivity index (χ3n) is 9.22. The zero-order valence-electron chi connectivity index (χ0n) is 34.0. The number of aromatic nitrogens is 2. The average molecular weight is 913 g/mol. The van der Waals surface area contributed by atoms with Crippen LogP contribution in [0.15, 0.2) is 109 Å². The molecule has 0 N–H and O–H groups in total. The molecule has 0 atom stereocenters. The largest absolute Gasteiger partial charge is 0.305 e. The Labute approximate surface area is 334 Å². The van der Waals surface area contributed by atoms with Crippen molar-refractivity contribution in [3.8, 4) is 22.5 Å². The maximum absolute atomic E-state index is 8.98. The number of pyridine rings is 2. The van der Waals surface area contributed by atoms with Crippen LogP contribution >= 0.6 is 11.3 Å². The summed E-state index contributed by atoms with van der Waals surface area (Å²) in [6.45, 7) is 22.9. The summed E-state index contributed by atoms with van der Waals surface area (Å²) in [6.07, 6.45) is 2.14. The minimum Gasteiger partial charge on any atom is -0.305 e. The van der Waals surface area contributed by atoms with Crippen molar-refractivity contribution in [2.24, 2.45) is 0 Å². The zero-order valence-corrected chi connectivity index (χ0v) is 37.2. The quantitative estimate of drug-likeness (QED) is 0.123. The third kappa shape index (κ3) is 8.98. The predicted octanol–water partition coefficient (Wildman–Crippen LogP) is 11.8. The van der Waals surface area contributed by atoms with Gasteiger partial charge in [0.2, 0.25) is 0 Å². The molecular formula is C46H50IrN2SSi2-2. The van der Waals surface area contributed by atoms with Gasteiger partial charge in [0.1, 0.15) is 0 Å². The molecule has 7 rings (SSSR count). The first kappa shape index (κ1) is 36.8. The Morgan fingerprint density at radius 2 is 1.46 bits per heavy atom. The normalized spacial score (nSPS) is 12.8. The van der Waals surface area contributed by atoms with Gasteiger partial charge in [0.05, 0.1) is 16.1 Å². The van der Waals surface area contributed by atoms with E-state index in [1.807, 2.05) is 54.6 Å². The van der Waals surface area contributed by atoms with Crippen LogP contribution in [0.3, 0.4) is 0 Å². The van der Waals surface area contributed by atoms with Gasteiger partial charge in [-0.25, -0.2) is 0 Å². The Hall–Kier alpha value is -3.52. The second-order valence-corrected chi connectivity index (χ2v) is 27.5. The molecule has 0 amide bonds. The fourth-order valence-corrected chi connectivity index (χ4v) is 11.2. The molecule has 7 aromatic rings. The van der Waals surface area contributed by atoms with Crippen LogP contribution in [0.5, 0.6) is 0 Å². The molecule has 0 saturated heterocycles. The van der Waals surface area contributed by atoms with E-state index >= 15 is 0 Å². The second-order valence-electron chi connectivity index (χ2n) is 16.4. The number of rotatable bonds is 6. The van der Waals surface area contributed by atoms with Gasteiger partial charge < -0.3 is 9.97 Å². The summed E-state index contributed by atoms with van der Waals surface area (Å²) in [5, 5.41) is 5.52. The van der Waals surface area contributed by atoms with E-state index in [2.05, 4.69) is 132 Å². The van der Waals surface area contributed by atoms with Gasteiger partial charge >= 0.3 is 0 Å². The Morgan fingerprint density at radius 1 is 0.731 bits per heavy atom. The fraction of sp³-hybridized carbons (Fsp3) is 0.261. The van der Waals surface area contributed by atoms with Gasteiger partial charge in [-0.3, -0.25) is 0 Å². The Bertz CT molecular complexity index is 2390. The van der Waals surface area contributed by atoms with Crippen molar-refractivity contribution in [3.63, 3.8) is 0 Å². The number of aryl methyl sites for hydroxylation is 1. The molecule has 0 bridgehead atoms. The number of hydrogen-bond donors (Lipinski definition) is 0. The summed E-state index contributed by atoms with van der Waals surface area (Å²) in [5.74, 6) is 0. The molecule has 0 spiro atoms. The van der Waals surface area contributed by atoms with Gasteiger partial charge in [-0.1, -0.05) is 125 Å². The minimum absolute atomic E-state index is 0. The van der Waals surface area contributed by atoms with Crippen molar-refractivity contribution in [3.05, 3.63) is 144 Å². The number of hydrogen-bond acceptors (Lipinski definition) is 3. The van der Waals surface area contributed by atoms with E-state index < -0.39 is 22.5 Å². The van der Waals surface area contributed by atoms with Crippen LogP contribution in [0.1, 0.15) is 45.8 Å². The molecule has 0 aliphatic rings.